The van der Waals surface area contributed by atoms with Gasteiger partial charge in [0.15, 0.2) is 23.0 Å². The fourth-order valence-corrected chi connectivity index (χ4v) is 12.0. The predicted octanol–water partition coefficient (Wildman–Crippen LogP) is 10.3. The first-order valence-corrected chi connectivity index (χ1v) is 21.4. The van der Waals surface area contributed by atoms with Gasteiger partial charge in [-0.1, -0.05) is 125 Å². The van der Waals surface area contributed by atoms with Gasteiger partial charge in [-0.25, -0.2) is 0 Å². The van der Waals surface area contributed by atoms with Gasteiger partial charge in [0.05, 0.1) is 11.1 Å². The molecule has 1 unspecified atom stereocenters. The molecule has 8 nitrogen and oxygen atoms in total. The quantitative estimate of drug-likeness (QED) is 0.0529. The normalized spacial score (nSPS) is 16.9. The standard InChI is InChI=1S/C55H42BNO7/c1-53(2)33-15-8-5-12-28(33)30-22-20-26(24-37(30)53)57(27-21-23-31-29-13-6-9-16-34(29)54(3,4)38(31)25-27)39-19-11-18-36-40(39)32-14-7-10-17-35(32)55(36)43-41(46(58)50(62)45(56)48(43)60)42-44(55)49(61)52(64)51(63)47(42)59/h5-25,58-64H,56H2,1-4H3. The molecule has 0 fully saturated rings. The largest absolute Gasteiger partial charge is 0.508 e. The molecule has 0 amide bonds. The number of hydrogen-bond donors (Lipinski definition) is 7. The number of benzene rings is 8. The van der Waals surface area contributed by atoms with Crippen LogP contribution in [-0.2, 0) is 16.2 Å². The molecule has 4 aliphatic rings. The van der Waals surface area contributed by atoms with E-state index in [1.165, 1.54) is 52.4 Å². The minimum Gasteiger partial charge on any atom is -0.508 e. The summed E-state index contributed by atoms with van der Waals surface area (Å²) in [6.07, 6.45) is 0. The van der Waals surface area contributed by atoms with Gasteiger partial charge >= 0.3 is 0 Å². The van der Waals surface area contributed by atoms with Crippen molar-refractivity contribution in [1.82, 2.24) is 0 Å². The summed E-state index contributed by atoms with van der Waals surface area (Å²) in [5.74, 6) is -5.21. The van der Waals surface area contributed by atoms with E-state index in [2.05, 4.69) is 124 Å². The van der Waals surface area contributed by atoms with Crippen LogP contribution in [0.15, 0.2) is 127 Å². The third-order valence-electron chi connectivity index (χ3n) is 15.0. The molecule has 312 valence electrons. The van der Waals surface area contributed by atoms with Gasteiger partial charge in [0.2, 0.25) is 11.5 Å². The van der Waals surface area contributed by atoms with Gasteiger partial charge < -0.3 is 40.6 Å². The van der Waals surface area contributed by atoms with Crippen LogP contribution in [0.4, 0.5) is 17.1 Å². The zero-order valence-electron chi connectivity index (χ0n) is 35.7. The molecular weight excluding hydrogens is 797 g/mol. The van der Waals surface area contributed by atoms with E-state index in [4.69, 9.17) is 0 Å². The highest BCUT2D eigenvalue weighted by molar-refractivity contribution is 6.37. The van der Waals surface area contributed by atoms with Crippen LogP contribution in [0.1, 0.15) is 72.2 Å². The summed E-state index contributed by atoms with van der Waals surface area (Å²) < 4.78 is 0. The highest BCUT2D eigenvalue weighted by Gasteiger charge is 2.59. The third kappa shape index (κ3) is 4.29. The van der Waals surface area contributed by atoms with Crippen LogP contribution >= 0.6 is 0 Å². The summed E-state index contributed by atoms with van der Waals surface area (Å²) in [6.45, 7) is 9.03. The van der Waals surface area contributed by atoms with Crippen molar-refractivity contribution >= 4 is 30.4 Å². The SMILES string of the molecule is Bc1c(O)c(O)c2c(c1O)C1(c3ccccc3-c3c(N(c4ccc5c(c4)C(C)(C)c4ccccc4-5)c4ccc5c(c4)C(C)(C)c4ccccc4-5)cccc31)c1c(O)c(O)c(O)c(O)c1-2. The van der Waals surface area contributed by atoms with E-state index in [9.17, 15) is 35.7 Å². The molecule has 12 rings (SSSR count). The average molecular weight is 840 g/mol. The first kappa shape index (κ1) is 37.9. The molecule has 0 aromatic heterocycles. The number of fused-ring (bicyclic) bond motifs is 16. The van der Waals surface area contributed by atoms with Gasteiger partial charge in [-0.2, -0.15) is 0 Å². The fourth-order valence-electron chi connectivity index (χ4n) is 12.0. The van der Waals surface area contributed by atoms with E-state index in [0.717, 1.165) is 28.2 Å². The molecule has 8 aromatic rings. The molecule has 0 radical (unpaired) electrons. The molecule has 9 heteroatoms. The van der Waals surface area contributed by atoms with Crippen LogP contribution in [0.2, 0.25) is 0 Å². The van der Waals surface area contributed by atoms with Crippen LogP contribution in [0.3, 0.4) is 0 Å². The Hall–Kier alpha value is -7.78. The molecular formula is C55H42BNO7. The summed E-state index contributed by atoms with van der Waals surface area (Å²) in [6, 6.07) is 43.8. The number of hydrogen-bond acceptors (Lipinski definition) is 8. The number of aromatic hydroxyl groups is 7. The molecule has 0 bridgehead atoms. The Morgan fingerprint density at radius 1 is 0.375 bits per heavy atom. The Morgan fingerprint density at radius 3 is 1.38 bits per heavy atom. The maximum atomic E-state index is 12.3. The monoisotopic (exact) mass is 839 g/mol. The van der Waals surface area contributed by atoms with Gasteiger partial charge in [0, 0.05) is 50.0 Å². The predicted molar refractivity (Wildman–Crippen MR) is 252 cm³/mol. The van der Waals surface area contributed by atoms with Gasteiger partial charge in [0.25, 0.3) is 0 Å². The molecule has 0 heterocycles. The van der Waals surface area contributed by atoms with Crippen molar-refractivity contribution < 1.29 is 35.7 Å². The van der Waals surface area contributed by atoms with Gasteiger partial charge in [-0.15, -0.1) is 0 Å². The lowest BCUT2D eigenvalue weighted by molar-refractivity contribution is 0.343. The van der Waals surface area contributed by atoms with Crippen molar-refractivity contribution in [2.75, 3.05) is 4.90 Å². The molecule has 0 saturated heterocycles. The highest BCUT2D eigenvalue weighted by Crippen LogP contribution is 2.73. The highest BCUT2D eigenvalue weighted by atomic mass is 16.3. The van der Waals surface area contributed by atoms with Crippen molar-refractivity contribution in [3.05, 3.63) is 172 Å². The van der Waals surface area contributed by atoms with Crippen molar-refractivity contribution in [3.8, 4) is 84.8 Å². The lowest BCUT2D eigenvalue weighted by atomic mass is 9.68. The zero-order chi connectivity index (χ0) is 44.5. The van der Waals surface area contributed by atoms with Gasteiger partial charge in [-0.05, 0) is 97.0 Å². The van der Waals surface area contributed by atoms with E-state index in [0.29, 0.717) is 11.1 Å². The second kappa shape index (κ2) is 12.2. The van der Waals surface area contributed by atoms with E-state index >= 15 is 0 Å². The molecule has 64 heavy (non-hydrogen) atoms. The van der Waals surface area contributed by atoms with E-state index in [-0.39, 0.29) is 44.3 Å². The molecule has 7 N–H and O–H groups in total. The molecule has 1 spiro atoms. The minimum atomic E-state index is -1.69. The second-order valence-corrected chi connectivity index (χ2v) is 18.7. The van der Waals surface area contributed by atoms with Crippen molar-refractivity contribution in [2.24, 2.45) is 0 Å². The molecule has 8 aromatic carbocycles. The Labute approximate surface area is 370 Å². The van der Waals surface area contributed by atoms with Crippen molar-refractivity contribution in [2.45, 2.75) is 43.9 Å². The lowest BCUT2D eigenvalue weighted by Gasteiger charge is -2.33. The van der Waals surface area contributed by atoms with E-state index in [1.807, 2.05) is 36.4 Å². The Morgan fingerprint density at radius 2 is 0.812 bits per heavy atom. The molecule has 0 saturated carbocycles. The van der Waals surface area contributed by atoms with Crippen LogP contribution < -0.4 is 10.4 Å². The summed E-state index contributed by atoms with van der Waals surface area (Å²) >= 11 is 0. The number of anilines is 3. The molecule has 0 aliphatic heterocycles. The summed E-state index contributed by atoms with van der Waals surface area (Å²) in [7, 11) is 1.47. The first-order chi connectivity index (χ1) is 30.6. The lowest BCUT2D eigenvalue weighted by Crippen LogP contribution is -2.28. The van der Waals surface area contributed by atoms with Crippen molar-refractivity contribution in [1.29, 1.82) is 0 Å². The molecule has 4 aliphatic carbocycles. The average Bonchev–Trinajstić information content (AvgIpc) is 3.94. The number of phenolic OH excluding ortho intramolecular Hbond substituents is 7. The van der Waals surface area contributed by atoms with Crippen LogP contribution in [0.5, 0.6) is 40.2 Å². The van der Waals surface area contributed by atoms with E-state index in [1.54, 1.807) is 0 Å². The number of nitrogens with zero attached hydrogens (tertiary/aromatic N) is 1. The number of rotatable bonds is 3. The van der Waals surface area contributed by atoms with E-state index < -0.39 is 39.9 Å². The zero-order valence-corrected chi connectivity index (χ0v) is 35.7. The maximum Gasteiger partial charge on any atom is 0.204 e. The number of phenols is 7. The third-order valence-corrected chi connectivity index (χ3v) is 15.0. The van der Waals surface area contributed by atoms with Crippen LogP contribution in [-0.4, -0.2) is 43.6 Å². The minimum absolute atomic E-state index is 0.0249. The second-order valence-electron chi connectivity index (χ2n) is 18.7. The van der Waals surface area contributed by atoms with Crippen LogP contribution in [0.25, 0.3) is 44.5 Å². The Bertz CT molecular complexity index is 3280. The van der Waals surface area contributed by atoms with Crippen molar-refractivity contribution in [3.63, 3.8) is 0 Å². The maximum absolute atomic E-state index is 12.3. The van der Waals surface area contributed by atoms with Gasteiger partial charge in [0.1, 0.15) is 13.6 Å². The Balaban J connectivity index is 1.20. The van der Waals surface area contributed by atoms with Crippen LogP contribution in [0, 0.1) is 0 Å². The fraction of sp³-hybridized carbons (Fsp3) is 0.127. The first-order valence-electron chi connectivity index (χ1n) is 21.4. The summed E-state index contributed by atoms with van der Waals surface area (Å²) in [5, 5.41) is 81.3. The smallest absolute Gasteiger partial charge is 0.204 e. The summed E-state index contributed by atoms with van der Waals surface area (Å²) in [4.78, 5) is 2.26. The Kier molecular flexibility index (Phi) is 7.25. The molecule has 1 atom stereocenters. The van der Waals surface area contributed by atoms with Gasteiger partial charge in [-0.3, -0.25) is 0 Å². The topological polar surface area (TPSA) is 145 Å². The summed E-state index contributed by atoms with van der Waals surface area (Å²) in [5.41, 5.74) is 12.1.